The van der Waals surface area contributed by atoms with Gasteiger partial charge in [-0.3, -0.25) is 4.79 Å². The zero-order chi connectivity index (χ0) is 20.9. The molecule has 0 saturated carbocycles. The first-order valence-corrected chi connectivity index (χ1v) is 9.66. The molecule has 2 rings (SSSR count). The average Bonchev–Trinajstić information content (AvgIpc) is 2.66. The number of amides is 1. The second kappa shape index (κ2) is 8.81. The third-order valence-corrected chi connectivity index (χ3v) is 4.71. The number of carbonyl (C=O) groups excluding carboxylic acids is 2. The van der Waals surface area contributed by atoms with Gasteiger partial charge in [0.2, 0.25) is 10.0 Å². The number of nitrogens with two attached hydrogens (primary N) is 1. The van der Waals surface area contributed by atoms with E-state index in [0.29, 0.717) is 5.69 Å². The molecule has 0 unspecified atom stereocenters. The number of benzene rings is 2. The number of sulfonamides is 1. The minimum absolute atomic E-state index is 0.0655. The van der Waals surface area contributed by atoms with Crippen LogP contribution in [0.25, 0.3) is 0 Å². The Hall–Kier alpha value is -2.98. The van der Waals surface area contributed by atoms with Crippen LogP contribution in [0.1, 0.15) is 17.3 Å². The lowest BCUT2D eigenvalue weighted by Crippen LogP contribution is -2.34. The monoisotopic (exact) mass is 410 g/mol. The van der Waals surface area contributed by atoms with Gasteiger partial charge in [0, 0.05) is 12.2 Å². The summed E-state index contributed by atoms with van der Waals surface area (Å²) < 4.78 is 46.0. The highest BCUT2D eigenvalue weighted by Gasteiger charge is 2.21. The molecule has 28 heavy (non-hydrogen) atoms. The fourth-order valence-electron chi connectivity index (χ4n) is 2.43. The van der Waals surface area contributed by atoms with Crippen molar-refractivity contribution in [3.8, 4) is 5.75 Å². The summed E-state index contributed by atoms with van der Waals surface area (Å²) in [4.78, 5) is 25.7. The summed E-state index contributed by atoms with van der Waals surface area (Å²) >= 11 is 0. The van der Waals surface area contributed by atoms with Gasteiger partial charge in [0.25, 0.3) is 5.91 Å². The molecule has 0 atom stereocenters. The largest absolute Gasteiger partial charge is 0.496 e. The Morgan fingerprint density at radius 1 is 1.14 bits per heavy atom. The van der Waals surface area contributed by atoms with Crippen molar-refractivity contribution in [2.75, 3.05) is 25.2 Å². The van der Waals surface area contributed by atoms with Gasteiger partial charge in [-0.2, -0.15) is 0 Å². The number of nitrogens with zero attached hydrogens (tertiary/aromatic N) is 1. The Balaban J connectivity index is 2.16. The van der Waals surface area contributed by atoms with Crippen molar-refractivity contribution < 1.29 is 31.9 Å². The first-order valence-electron chi connectivity index (χ1n) is 8.11. The predicted octanol–water partition coefficient (Wildman–Crippen LogP) is 1.69. The number of carbonyl (C=O) groups is 2. The lowest BCUT2D eigenvalue weighted by atomic mass is 10.2. The number of ether oxygens (including phenoxy) is 2. The minimum atomic E-state index is -4.04. The van der Waals surface area contributed by atoms with Gasteiger partial charge in [0.05, 0.1) is 12.0 Å². The first kappa shape index (κ1) is 21.3. The van der Waals surface area contributed by atoms with E-state index in [-0.39, 0.29) is 22.8 Å². The number of rotatable bonds is 7. The summed E-state index contributed by atoms with van der Waals surface area (Å²) in [7, 11) is -2.75. The van der Waals surface area contributed by atoms with E-state index in [1.54, 1.807) is 6.92 Å². The smallest absolute Gasteiger partial charge is 0.342 e. The van der Waals surface area contributed by atoms with Crippen molar-refractivity contribution >= 4 is 27.6 Å². The van der Waals surface area contributed by atoms with Crippen LogP contribution in [0.2, 0.25) is 0 Å². The summed E-state index contributed by atoms with van der Waals surface area (Å²) in [5.74, 6) is -1.87. The number of halogens is 1. The fraction of sp³-hybridized carbons (Fsp3) is 0.222. The Morgan fingerprint density at radius 3 is 2.32 bits per heavy atom. The third-order valence-electron chi connectivity index (χ3n) is 3.80. The summed E-state index contributed by atoms with van der Waals surface area (Å²) in [5.41, 5.74) is 0.255. The van der Waals surface area contributed by atoms with E-state index in [1.807, 2.05) is 0 Å². The number of methoxy groups -OCH3 is 1. The Labute approximate surface area is 161 Å². The number of primary sulfonamides is 1. The highest BCUT2D eigenvalue weighted by Crippen LogP contribution is 2.23. The SMILES string of the molecule is CCN(C(=O)COC(=O)c1cc(S(N)(=O)=O)ccc1OC)c1ccc(F)cc1. The maximum absolute atomic E-state index is 13.0. The molecule has 2 aromatic carbocycles. The van der Waals surface area contributed by atoms with Crippen LogP contribution in [0.15, 0.2) is 47.4 Å². The fourth-order valence-corrected chi connectivity index (χ4v) is 2.97. The molecule has 0 spiro atoms. The van der Waals surface area contributed by atoms with Crippen LogP contribution >= 0.6 is 0 Å². The van der Waals surface area contributed by atoms with E-state index < -0.39 is 34.3 Å². The summed E-state index contributed by atoms with van der Waals surface area (Å²) in [6.07, 6.45) is 0. The molecule has 150 valence electrons. The van der Waals surface area contributed by atoms with Crippen molar-refractivity contribution in [1.29, 1.82) is 0 Å². The standard InChI is InChI=1S/C18H19FN2O6S/c1-3-21(13-6-4-12(19)5-7-13)17(22)11-27-18(23)15-10-14(28(20,24)25)8-9-16(15)26-2/h4-10H,3,11H2,1-2H3,(H2,20,24,25). The van der Waals surface area contributed by atoms with Crippen LogP contribution in [-0.2, 0) is 19.6 Å². The molecule has 0 aromatic heterocycles. The van der Waals surface area contributed by atoms with Gasteiger partial charge in [-0.1, -0.05) is 0 Å². The number of hydrogen-bond acceptors (Lipinski definition) is 6. The molecule has 2 aromatic rings. The predicted molar refractivity (Wildman–Crippen MR) is 99.1 cm³/mol. The number of likely N-dealkylation sites (N-methyl/N-ethyl adjacent to an activating group) is 1. The maximum Gasteiger partial charge on any atom is 0.342 e. The van der Waals surface area contributed by atoms with Gasteiger partial charge >= 0.3 is 5.97 Å². The molecular formula is C18H19FN2O6S. The maximum atomic E-state index is 13.0. The molecule has 0 aliphatic heterocycles. The van der Waals surface area contributed by atoms with Crippen molar-refractivity contribution in [2.45, 2.75) is 11.8 Å². The Morgan fingerprint density at radius 2 is 1.79 bits per heavy atom. The van der Waals surface area contributed by atoms with Crippen LogP contribution in [0, 0.1) is 5.82 Å². The van der Waals surface area contributed by atoms with Crippen LogP contribution < -0.4 is 14.8 Å². The molecule has 8 nitrogen and oxygen atoms in total. The van der Waals surface area contributed by atoms with E-state index in [0.717, 1.165) is 6.07 Å². The van der Waals surface area contributed by atoms with Gasteiger partial charge in [-0.05, 0) is 49.4 Å². The molecule has 2 N–H and O–H groups in total. The number of esters is 1. The topological polar surface area (TPSA) is 116 Å². The van der Waals surface area contributed by atoms with Crippen molar-refractivity contribution in [1.82, 2.24) is 0 Å². The Bertz CT molecular complexity index is 976. The Kier molecular flexibility index (Phi) is 6.71. The van der Waals surface area contributed by atoms with Gasteiger partial charge in [0.1, 0.15) is 17.1 Å². The number of anilines is 1. The minimum Gasteiger partial charge on any atom is -0.496 e. The second-order valence-corrected chi connectivity index (χ2v) is 7.16. The third kappa shape index (κ3) is 5.05. The van der Waals surface area contributed by atoms with Gasteiger partial charge in [0.15, 0.2) is 6.61 Å². The summed E-state index contributed by atoms with van der Waals surface area (Å²) in [6.45, 7) is 1.38. The first-order chi connectivity index (χ1) is 13.2. The molecule has 1 amide bonds. The van der Waals surface area contributed by atoms with Crippen LogP contribution in [0.3, 0.4) is 0 Å². The van der Waals surface area contributed by atoms with E-state index >= 15 is 0 Å². The van der Waals surface area contributed by atoms with Crippen molar-refractivity contribution in [2.24, 2.45) is 5.14 Å². The van der Waals surface area contributed by atoms with Crippen LogP contribution in [-0.4, -0.2) is 40.6 Å². The lowest BCUT2D eigenvalue weighted by Gasteiger charge is -2.21. The zero-order valence-corrected chi connectivity index (χ0v) is 16.0. The molecule has 0 saturated heterocycles. The molecular weight excluding hydrogens is 391 g/mol. The molecule has 0 aliphatic carbocycles. The summed E-state index contributed by atoms with van der Waals surface area (Å²) in [5, 5.41) is 5.06. The lowest BCUT2D eigenvalue weighted by molar-refractivity contribution is -0.121. The van der Waals surface area contributed by atoms with Crippen molar-refractivity contribution in [3.05, 3.63) is 53.8 Å². The molecule has 0 bridgehead atoms. The van der Waals surface area contributed by atoms with Crippen LogP contribution in [0.4, 0.5) is 10.1 Å². The second-order valence-electron chi connectivity index (χ2n) is 5.60. The van der Waals surface area contributed by atoms with Crippen molar-refractivity contribution in [3.63, 3.8) is 0 Å². The van der Waals surface area contributed by atoms with Gasteiger partial charge in [-0.25, -0.2) is 22.7 Å². The van der Waals surface area contributed by atoms with Gasteiger partial charge in [-0.15, -0.1) is 0 Å². The van der Waals surface area contributed by atoms with Crippen LogP contribution in [0.5, 0.6) is 5.75 Å². The van der Waals surface area contributed by atoms with E-state index in [2.05, 4.69) is 0 Å². The van der Waals surface area contributed by atoms with E-state index in [1.165, 1.54) is 48.4 Å². The van der Waals surface area contributed by atoms with E-state index in [9.17, 15) is 22.4 Å². The normalized spacial score (nSPS) is 11.0. The summed E-state index contributed by atoms with van der Waals surface area (Å²) in [6, 6.07) is 8.73. The molecule has 0 aliphatic rings. The number of hydrogen-bond donors (Lipinski definition) is 1. The van der Waals surface area contributed by atoms with Gasteiger partial charge < -0.3 is 14.4 Å². The highest BCUT2D eigenvalue weighted by molar-refractivity contribution is 7.89. The quantitative estimate of drug-likeness (QED) is 0.695. The molecule has 10 heteroatoms. The van der Waals surface area contributed by atoms with E-state index in [4.69, 9.17) is 14.6 Å². The molecule has 0 radical (unpaired) electrons. The average molecular weight is 410 g/mol. The molecule has 0 fully saturated rings. The highest BCUT2D eigenvalue weighted by atomic mass is 32.2. The zero-order valence-electron chi connectivity index (χ0n) is 15.2. The molecule has 0 heterocycles.